The molecule has 0 radical (unpaired) electrons. The van der Waals surface area contributed by atoms with Gasteiger partial charge in [0.15, 0.2) is 0 Å². The number of carbonyl (C=O) groups is 5. The second-order valence-electron chi connectivity index (χ2n) is 7.09. The Morgan fingerprint density at radius 1 is 0.939 bits per heavy atom. The SMILES string of the molecule is CSCCC(NC(=O)C(Cc1ccc(O)cc1)NC(=O)C(N)CC(=O)O)C(=O)NCC(=O)O. The van der Waals surface area contributed by atoms with Crippen LogP contribution in [0.3, 0.4) is 0 Å². The Labute approximate surface area is 194 Å². The van der Waals surface area contributed by atoms with Gasteiger partial charge in [-0.1, -0.05) is 12.1 Å². The van der Waals surface area contributed by atoms with Crippen LogP contribution in [0, 0.1) is 0 Å². The molecule has 182 valence electrons. The van der Waals surface area contributed by atoms with Crippen LogP contribution >= 0.6 is 11.8 Å². The van der Waals surface area contributed by atoms with Crippen molar-refractivity contribution in [1.29, 1.82) is 0 Å². The van der Waals surface area contributed by atoms with Gasteiger partial charge in [0.2, 0.25) is 17.7 Å². The molecule has 8 N–H and O–H groups in total. The number of nitrogens with one attached hydrogen (secondary N) is 3. The molecule has 1 aromatic carbocycles. The molecule has 0 saturated heterocycles. The number of thioether (sulfide) groups is 1. The van der Waals surface area contributed by atoms with E-state index in [1.807, 2.05) is 0 Å². The maximum atomic E-state index is 13.0. The molecule has 0 aromatic heterocycles. The van der Waals surface area contributed by atoms with Crippen LogP contribution in [0.15, 0.2) is 24.3 Å². The molecule has 12 nitrogen and oxygen atoms in total. The number of carbonyl (C=O) groups excluding carboxylic acids is 3. The Morgan fingerprint density at radius 2 is 1.55 bits per heavy atom. The van der Waals surface area contributed by atoms with Crippen LogP contribution in [-0.4, -0.2) is 81.7 Å². The van der Waals surface area contributed by atoms with E-state index >= 15 is 0 Å². The third-order valence-corrected chi connectivity index (χ3v) is 5.04. The molecule has 1 rings (SSSR count). The van der Waals surface area contributed by atoms with Gasteiger partial charge in [-0.2, -0.15) is 11.8 Å². The number of nitrogens with two attached hydrogens (primary N) is 1. The number of rotatable bonds is 14. The third-order valence-electron chi connectivity index (χ3n) is 4.40. The van der Waals surface area contributed by atoms with Crippen molar-refractivity contribution in [3.05, 3.63) is 29.8 Å². The zero-order valence-electron chi connectivity index (χ0n) is 17.9. The van der Waals surface area contributed by atoms with E-state index < -0.39 is 60.8 Å². The molecule has 3 amide bonds. The topological polar surface area (TPSA) is 208 Å². The summed E-state index contributed by atoms with van der Waals surface area (Å²) in [7, 11) is 0. The summed E-state index contributed by atoms with van der Waals surface area (Å²) in [6, 6.07) is 2.17. The van der Waals surface area contributed by atoms with Crippen molar-refractivity contribution >= 4 is 41.4 Å². The summed E-state index contributed by atoms with van der Waals surface area (Å²) in [6.45, 7) is -0.623. The molecule has 0 fully saturated rings. The number of benzene rings is 1. The van der Waals surface area contributed by atoms with Gasteiger partial charge >= 0.3 is 11.9 Å². The molecule has 3 atom stereocenters. The van der Waals surface area contributed by atoms with Gasteiger partial charge in [0.1, 0.15) is 24.4 Å². The summed E-state index contributed by atoms with van der Waals surface area (Å²) in [5, 5.41) is 34.2. The number of phenolic OH excluding ortho intramolecular Hbond substituents is 1. The van der Waals surface area contributed by atoms with Gasteiger partial charge < -0.3 is 37.0 Å². The first-order chi connectivity index (χ1) is 15.5. The Hall–Kier alpha value is -3.32. The van der Waals surface area contributed by atoms with Crippen molar-refractivity contribution in [2.24, 2.45) is 5.73 Å². The first kappa shape index (κ1) is 27.7. The molecule has 0 aliphatic heterocycles. The minimum atomic E-state index is -1.40. The summed E-state index contributed by atoms with van der Waals surface area (Å²) in [6.07, 6.45) is 1.32. The van der Waals surface area contributed by atoms with E-state index in [9.17, 15) is 29.1 Å². The monoisotopic (exact) mass is 484 g/mol. The van der Waals surface area contributed by atoms with Gasteiger partial charge in [0.05, 0.1) is 12.5 Å². The predicted octanol–water partition coefficient (Wildman–Crippen LogP) is -1.34. The fourth-order valence-corrected chi connectivity index (χ4v) is 3.17. The van der Waals surface area contributed by atoms with E-state index in [0.717, 1.165) is 0 Å². The lowest BCUT2D eigenvalue weighted by Crippen LogP contribution is -2.57. The smallest absolute Gasteiger partial charge is 0.322 e. The molecule has 0 saturated carbocycles. The Morgan fingerprint density at radius 3 is 2.09 bits per heavy atom. The van der Waals surface area contributed by atoms with Crippen LogP contribution in [0.25, 0.3) is 0 Å². The zero-order chi connectivity index (χ0) is 25.0. The van der Waals surface area contributed by atoms with Crippen molar-refractivity contribution in [2.75, 3.05) is 18.6 Å². The van der Waals surface area contributed by atoms with Gasteiger partial charge in [-0.3, -0.25) is 24.0 Å². The fraction of sp³-hybridized carbons (Fsp3) is 0.450. The Balaban J connectivity index is 3.03. The molecular weight excluding hydrogens is 456 g/mol. The number of aliphatic carboxylic acids is 2. The molecule has 0 aliphatic rings. The van der Waals surface area contributed by atoms with E-state index in [1.54, 1.807) is 6.26 Å². The van der Waals surface area contributed by atoms with Gasteiger partial charge in [0.25, 0.3) is 0 Å². The van der Waals surface area contributed by atoms with E-state index in [2.05, 4.69) is 16.0 Å². The lowest BCUT2D eigenvalue weighted by molar-refractivity contribution is -0.139. The van der Waals surface area contributed by atoms with Gasteiger partial charge in [-0.05, 0) is 36.1 Å². The van der Waals surface area contributed by atoms with Crippen LogP contribution < -0.4 is 21.7 Å². The number of amides is 3. The maximum Gasteiger partial charge on any atom is 0.322 e. The molecule has 1 aromatic rings. The lowest BCUT2D eigenvalue weighted by atomic mass is 10.0. The van der Waals surface area contributed by atoms with Crippen LogP contribution in [0.4, 0.5) is 0 Å². The van der Waals surface area contributed by atoms with Crippen molar-refractivity contribution in [1.82, 2.24) is 16.0 Å². The minimum Gasteiger partial charge on any atom is -0.508 e. The van der Waals surface area contributed by atoms with Crippen LogP contribution in [0.2, 0.25) is 0 Å². The molecule has 33 heavy (non-hydrogen) atoms. The van der Waals surface area contributed by atoms with Crippen molar-refractivity contribution in [3.63, 3.8) is 0 Å². The largest absolute Gasteiger partial charge is 0.508 e. The van der Waals surface area contributed by atoms with Crippen LogP contribution in [0.1, 0.15) is 18.4 Å². The van der Waals surface area contributed by atoms with Crippen LogP contribution in [-0.2, 0) is 30.4 Å². The summed E-state index contributed by atoms with van der Waals surface area (Å²) in [4.78, 5) is 59.2. The standard InChI is InChI=1S/C20H28N4O8S/c1-33-7-6-14(19(31)22-10-17(28)29)23-20(32)15(8-11-2-4-12(25)5-3-11)24-18(30)13(21)9-16(26)27/h2-5,13-15,25H,6-10,21H2,1H3,(H,22,31)(H,23,32)(H,24,30)(H,26,27)(H,28,29). The minimum absolute atomic E-state index is 0.000464. The normalized spacial score (nSPS) is 13.3. The van der Waals surface area contributed by atoms with Crippen LogP contribution in [0.5, 0.6) is 5.75 Å². The average Bonchev–Trinajstić information content (AvgIpc) is 2.75. The second kappa shape index (κ2) is 14.0. The molecule has 0 heterocycles. The van der Waals surface area contributed by atoms with Crippen molar-refractivity contribution in [2.45, 2.75) is 37.4 Å². The first-order valence-electron chi connectivity index (χ1n) is 9.88. The highest BCUT2D eigenvalue weighted by molar-refractivity contribution is 7.98. The molecule has 0 spiro atoms. The number of aromatic hydroxyl groups is 1. The second-order valence-corrected chi connectivity index (χ2v) is 8.08. The molecular formula is C20H28N4O8S. The predicted molar refractivity (Wildman–Crippen MR) is 120 cm³/mol. The van der Waals surface area contributed by atoms with E-state index in [-0.39, 0.29) is 18.6 Å². The Kier molecular flexibility index (Phi) is 11.7. The summed E-state index contributed by atoms with van der Waals surface area (Å²) < 4.78 is 0. The highest BCUT2D eigenvalue weighted by Crippen LogP contribution is 2.12. The van der Waals surface area contributed by atoms with E-state index in [1.165, 1.54) is 36.0 Å². The number of hydrogen-bond acceptors (Lipinski definition) is 8. The highest BCUT2D eigenvalue weighted by Gasteiger charge is 2.29. The summed E-state index contributed by atoms with van der Waals surface area (Å²) in [5.74, 6) is -4.35. The summed E-state index contributed by atoms with van der Waals surface area (Å²) in [5.41, 5.74) is 6.15. The highest BCUT2D eigenvalue weighted by atomic mass is 32.2. The third kappa shape index (κ3) is 10.7. The van der Waals surface area contributed by atoms with Gasteiger partial charge in [-0.25, -0.2) is 0 Å². The first-order valence-corrected chi connectivity index (χ1v) is 11.3. The van der Waals surface area contributed by atoms with Crippen molar-refractivity contribution in [3.8, 4) is 5.75 Å². The molecule has 3 unspecified atom stereocenters. The average molecular weight is 485 g/mol. The van der Waals surface area contributed by atoms with E-state index in [0.29, 0.717) is 11.3 Å². The van der Waals surface area contributed by atoms with Crippen molar-refractivity contribution < 1.29 is 39.3 Å². The number of hydrogen-bond donors (Lipinski definition) is 7. The molecule has 0 aliphatic carbocycles. The number of carboxylic acids is 2. The fourth-order valence-electron chi connectivity index (χ4n) is 2.70. The number of carboxylic acid groups (broad SMARTS) is 2. The van der Waals surface area contributed by atoms with Gasteiger partial charge in [0, 0.05) is 6.42 Å². The number of phenols is 1. The zero-order valence-corrected chi connectivity index (χ0v) is 18.8. The lowest BCUT2D eigenvalue weighted by Gasteiger charge is -2.24. The molecule has 13 heteroatoms. The summed E-state index contributed by atoms with van der Waals surface area (Å²) >= 11 is 1.42. The maximum absolute atomic E-state index is 13.0. The van der Waals surface area contributed by atoms with Gasteiger partial charge in [-0.15, -0.1) is 0 Å². The quantitative estimate of drug-likeness (QED) is 0.165. The Bertz CT molecular complexity index is 849. The van der Waals surface area contributed by atoms with E-state index in [4.69, 9.17) is 15.9 Å². The molecule has 0 bridgehead atoms.